The molecule has 1 heterocycles. The molecule has 4 heteroatoms. The lowest BCUT2D eigenvalue weighted by Crippen LogP contribution is -2.36. The summed E-state index contributed by atoms with van der Waals surface area (Å²) >= 11 is 0. The highest BCUT2D eigenvalue weighted by Gasteiger charge is 2.17. The van der Waals surface area contributed by atoms with Gasteiger partial charge in [-0.1, -0.05) is 13.0 Å². The molecule has 0 unspecified atom stereocenters. The standard InChI is InChI=1S/C27H38N3O/c1-6-7-17-31-18-11-9-8-10-16-30-26-20-24(28(2)3)14-12-22(26)19-23-13-15-25(29(4)5)21-27(23)30/h7,12-15,17,19-21H,6,8-11,16,18H2,1-5H3/q+1/b17-7+. The molecule has 31 heavy (non-hydrogen) atoms. The van der Waals surface area contributed by atoms with Gasteiger partial charge in [0.1, 0.15) is 6.54 Å². The van der Waals surface area contributed by atoms with E-state index in [1.165, 1.54) is 52.4 Å². The highest BCUT2D eigenvalue weighted by Crippen LogP contribution is 2.25. The number of benzene rings is 2. The number of ether oxygens (including phenoxy) is 1. The molecule has 4 nitrogen and oxygen atoms in total. The molecule has 0 saturated carbocycles. The Kier molecular flexibility index (Phi) is 8.16. The molecule has 0 radical (unpaired) electrons. The minimum Gasteiger partial charge on any atom is -0.502 e. The summed E-state index contributed by atoms with van der Waals surface area (Å²) in [7, 11) is 8.42. The van der Waals surface area contributed by atoms with E-state index in [1.807, 2.05) is 6.26 Å². The summed E-state index contributed by atoms with van der Waals surface area (Å²) in [5, 5.41) is 2.60. The van der Waals surface area contributed by atoms with Crippen LogP contribution in [0.2, 0.25) is 0 Å². The van der Waals surface area contributed by atoms with Gasteiger partial charge in [-0.15, -0.1) is 0 Å². The van der Waals surface area contributed by atoms with E-state index in [1.54, 1.807) is 0 Å². The first kappa shape index (κ1) is 22.9. The second kappa shape index (κ2) is 11.0. The molecular weight excluding hydrogens is 382 g/mol. The molecule has 1 aromatic heterocycles. The largest absolute Gasteiger partial charge is 0.502 e. The van der Waals surface area contributed by atoms with Crippen LogP contribution < -0.4 is 14.4 Å². The minimum atomic E-state index is 0.819. The van der Waals surface area contributed by atoms with Crippen molar-refractivity contribution in [2.45, 2.75) is 45.6 Å². The minimum absolute atomic E-state index is 0.819. The lowest BCUT2D eigenvalue weighted by Gasteiger charge is -2.15. The molecule has 0 spiro atoms. The third kappa shape index (κ3) is 5.90. The van der Waals surface area contributed by atoms with E-state index in [2.05, 4.69) is 98.0 Å². The first-order valence-electron chi connectivity index (χ1n) is 11.5. The maximum atomic E-state index is 5.53. The molecule has 0 bridgehead atoms. The van der Waals surface area contributed by atoms with Gasteiger partial charge >= 0.3 is 0 Å². The van der Waals surface area contributed by atoms with Crippen LogP contribution >= 0.6 is 0 Å². The molecule has 0 saturated heterocycles. The number of anilines is 2. The highest BCUT2D eigenvalue weighted by molar-refractivity contribution is 5.91. The van der Waals surface area contributed by atoms with Crippen molar-refractivity contribution >= 4 is 33.2 Å². The number of unbranched alkanes of at least 4 members (excludes halogenated alkanes) is 3. The van der Waals surface area contributed by atoms with Crippen molar-refractivity contribution in [1.82, 2.24) is 0 Å². The molecule has 0 atom stereocenters. The molecule has 166 valence electrons. The number of fused-ring (bicyclic) bond motifs is 2. The number of rotatable bonds is 11. The number of aromatic nitrogens is 1. The number of allylic oxidation sites excluding steroid dienone is 1. The predicted octanol–water partition coefficient (Wildman–Crippen LogP) is 5.91. The zero-order valence-electron chi connectivity index (χ0n) is 19.9. The summed E-state index contributed by atoms with van der Waals surface area (Å²) in [6.45, 7) is 3.97. The van der Waals surface area contributed by atoms with Gasteiger partial charge in [0.25, 0.3) is 0 Å². The fourth-order valence-electron chi connectivity index (χ4n) is 3.91. The van der Waals surface area contributed by atoms with Crippen molar-refractivity contribution in [3.8, 4) is 0 Å². The van der Waals surface area contributed by atoms with Crippen LogP contribution in [0.4, 0.5) is 11.4 Å². The average molecular weight is 421 g/mol. The Balaban J connectivity index is 1.83. The summed E-state index contributed by atoms with van der Waals surface area (Å²) < 4.78 is 8.05. The van der Waals surface area contributed by atoms with Gasteiger partial charge < -0.3 is 14.5 Å². The Bertz CT molecular complexity index is 958. The fraction of sp³-hybridized carbons (Fsp3) is 0.444. The van der Waals surface area contributed by atoms with Crippen molar-refractivity contribution < 1.29 is 9.30 Å². The second-order valence-electron chi connectivity index (χ2n) is 8.64. The van der Waals surface area contributed by atoms with Gasteiger partial charge in [0, 0.05) is 68.9 Å². The normalized spacial score (nSPS) is 11.5. The van der Waals surface area contributed by atoms with E-state index >= 15 is 0 Å². The molecule has 0 N–H and O–H groups in total. The van der Waals surface area contributed by atoms with Crippen LogP contribution in [0.3, 0.4) is 0 Å². The average Bonchev–Trinajstić information content (AvgIpc) is 2.76. The number of pyridine rings is 1. The Morgan fingerprint density at radius 3 is 1.90 bits per heavy atom. The van der Waals surface area contributed by atoms with Gasteiger partial charge in [0.15, 0.2) is 0 Å². The van der Waals surface area contributed by atoms with Crippen molar-refractivity contribution in [2.75, 3.05) is 44.6 Å². The Hall–Kier alpha value is -2.75. The maximum absolute atomic E-state index is 5.53. The SMILES string of the molecule is CC/C=C/OCCCCCC[n+]1c2cc(N(C)C)ccc2cc2ccc(N(C)C)cc21. The molecule has 0 aliphatic rings. The molecule has 0 fully saturated rings. The zero-order valence-corrected chi connectivity index (χ0v) is 19.9. The summed E-state index contributed by atoms with van der Waals surface area (Å²) in [6, 6.07) is 15.9. The molecule has 0 aliphatic heterocycles. The molecule has 3 rings (SSSR count). The van der Waals surface area contributed by atoms with Gasteiger partial charge in [0.2, 0.25) is 11.0 Å². The first-order chi connectivity index (χ1) is 15.0. The van der Waals surface area contributed by atoms with E-state index in [4.69, 9.17) is 4.74 Å². The van der Waals surface area contributed by atoms with Crippen molar-refractivity contribution in [2.24, 2.45) is 0 Å². The van der Waals surface area contributed by atoms with E-state index in [0.29, 0.717) is 0 Å². The van der Waals surface area contributed by atoms with Crippen molar-refractivity contribution in [3.63, 3.8) is 0 Å². The predicted molar refractivity (Wildman–Crippen MR) is 134 cm³/mol. The number of nitrogens with zero attached hydrogens (tertiary/aromatic N) is 3. The second-order valence-corrected chi connectivity index (χ2v) is 8.64. The first-order valence-corrected chi connectivity index (χ1v) is 11.5. The summed E-state index contributed by atoms with van der Waals surface area (Å²) in [4.78, 5) is 4.36. The van der Waals surface area contributed by atoms with Gasteiger partial charge in [0.05, 0.1) is 12.9 Å². The van der Waals surface area contributed by atoms with Crippen LogP contribution in [0.25, 0.3) is 21.8 Å². The van der Waals surface area contributed by atoms with Gasteiger partial charge in [-0.05, 0) is 56.0 Å². The summed E-state index contributed by atoms with van der Waals surface area (Å²) in [6.07, 6.45) is 9.63. The van der Waals surface area contributed by atoms with Gasteiger partial charge in [-0.25, -0.2) is 0 Å². The number of aryl methyl sites for hydroxylation is 1. The smallest absolute Gasteiger partial charge is 0.215 e. The van der Waals surface area contributed by atoms with Crippen LogP contribution in [-0.4, -0.2) is 34.8 Å². The van der Waals surface area contributed by atoms with Crippen LogP contribution in [0.1, 0.15) is 39.0 Å². The quantitative estimate of drug-likeness (QED) is 0.166. The van der Waals surface area contributed by atoms with Crippen LogP contribution in [0, 0.1) is 0 Å². The van der Waals surface area contributed by atoms with E-state index < -0.39 is 0 Å². The van der Waals surface area contributed by atoms with Crippen molar-refractivity contribution in [3.05, 3.63) is 54.8 Å². The molecule has 0 amide bonds. The van der Waals surface area contributed by atoms with Crippen LogP contribution in [0.15, 0.2) is 54.8 Å². The lowest BCUT2D eigenvalue weighted by molar-refractivity contribution is -0.645. The van der Waals surface area contributed by atoms with Crippen LogP contribution in [-0.2, 0) is 11.3 Å². The third-order valence-corrected chi connectivity index (χ3v) is 5.78. The van der Waals surface area contributed by atoms with E-state index in [-0.39, 0.29) is 0 Å². The number of hydrogen-bond donors (Lipinski definition) is 0. The van der Waals surface area contributed by atoms with E-state index in [0.717, 1.165) is 26.0 Å². The summed E-state index contributed by atoms with van der Waals surface area (Å²) in [5.41, 5.74) is 5.09. The van der Waals surface area contributed by atoms with Gasteiger partial charge in [-0.3, -0.25) is 0 Å². The zero-order chi connectivity index (χ0) is 22.2. The topological polar surface area (TPSA) is 19.6 Å². The Labute approximate surface area is 187 Å². The third-order valence-electron chi connectivity index (χ3n) is 5.78. The Morgan fingerprint density at radius 2 is 1.35 bits per heavy atom. The fourth-order valence-corrected chi connectivity index (χ4v) is 3.91. The Morgan fingerprint density at radius 1 is 0.774 bits per heavy atom. The lowest BCUT2D eigenvalue weighted by atomic mass is 10.1. The van der Waals surface area contributed by atoms with Crippen LogP contribution in [0.5, 0.6) is 0 Å². The van der Waals surface area contributed by atoms with Gasteiger partial charge in [-0.2, -0.15) is 4.57 Å². The number of hydrogen-bond acceptors (Lipinski definition) is 3. The molecule has 2 aromatic carbocycles. The highest BCUT2D eigenvalue weighted by atomic mass is 16.5. The van der Waals surface area contributed by atoms with E-state index in [9.17, 15) is 0 Å². The molecule has 0 aliphatic carbocycles. The maximum Gasteiger partial charge on any atom is 0.215 e. The van der Waals surface area contributed by atoms with Crippen molar-refractivity contribution in [1.29, 1.82) is 0 Å². The molecular formula is C27H38N3O+. The molecule has 3 aromatic rings. The summed E-state index contributed by atoms with van der Waals surface area (Å²) in [5.74, 6) is 0. The monoisotopic (exact) mass is 420 g/mol.